The van der Waals surface area contributed by atoms with Crippen LogP contribution in [0.1, 0.15) is 5.56 Å². The van der Waals surface area contributed by atoms with Gasteiger partial charge in [0.05, 0.1) is 10.6 Å². The quantitative estimate of drug-likeness (QED) is 0.324. The minimum Gasteiger partial charge on any atom is -0.490 e. The zero-order valence-corrected chi connectivity index (χ0v) is 17.9. The van der Waals surface area contributed by atoms with Gasteiger partial charge >= 0.3 is 0 Å². The first-order valence-electron chi connectivity index (χ1n) is 9.55. The van der Waals surface area contributed by atoms with Crippen molar-refractivity contribution in [2.24, 2.45) is 0 Å². The Balaban J connectivity index is 1.46. The Morgan fingerprint density at radius 2 is 1.61 bits per heavy atom. The van der Waals surface area contributed by atoms with Gasteiger partial charge in [-0.05, 0) is 54.2 Å². The molecule has 0 saturated carbocycles. The molecule has 1 aliphatic heterocycles. The molecule has 2 amide bonds. The van der Waals surface area contributed by atoms with E-state index in [2.05, 4.69) is 0 Å². The molecule has 0 N–H and O–H groups in total. The van der Waals surface area contributed by atoms with Crippen LogP contribution in [0.5, 0.6) is 11.5 Å². The van der Waals surface area contributed by atoms with Crippen molar-refractivity contribution in [3.63, 3.8) is 0 Å². The maximum Gasteiger partial charge on any atom is 0.298 e. The number of carbonyl (C=O) groups excluding carboxylic acids is 2. The van der Waals surface area contributed by atoms with E-state index in [0.29, 0.717) is 40.1 Å². The van der Waals surface area contributed by atoms with E-state index < -0.39 is 0 Å². The standard InChI is InChI=1S/C24H18ClNO4S/c25-18-8-6-9-19(16-18)26-23(27)22(31-24(26)28)15-17-7-4-5-12-21(17)30-14-13-29-20-10-2-1-3-11-20/h1-12,15-16H,13-14H2/b22-15-. The fraction of sp³-hybridized carbons (Fsp3) is 0.0833. The van der Waals surface area contributed by atoms with Gasteiger partial charge < -0.3 is 9.47 Å². The van der Waals surface area contributed by atoms with Crippen molar-refractivity contribution < 1.29 is 19.1 Å². The number of para-hydroxylation sites is 2. The molecule has 0 aliphatic carbocycles. The van der Waals surface area contributed by atoms with Gasteiger partial charge in [0.15, 0.2) is 0 Å². The SMILES string of the molecule is O=C1S/C(=C\c2ccccc2OCCOc2ccccc2)C(=O)N1c1cccc(Cl)c1. The lowest BCUT2D eigenvalue weighted by Crippen LogP contribution is -2.27. The minimum absolute atomic E-state index is 0.321. The third-order valence-electron chi connectivity index (χ3n) is 4.42. The molecule has 0 spiro atoms. The van der Waals surface area contributed by atoms with Crippen LogP contribution in [0.25, 0.3) is 6.08 Å². The van der Waals surface area contributed by atoms with Crippen molar-refractivity contribution in [1.29, 1.82) is 0 Å². The van der Waals surface area contributed by atoms with Crippen LogP contribution in [-0.2, 0) is 4.79 Å². The number of anilines is 1. The number of thioether (sulfide) groups is 1. The van der Waals surface area contributed by atoms with Crippen LogP contribution in [0.3, 0.4) is 0 Å². The summed E-state index contributed by atoms with van der Waals surface area (Å²) in [6, 6.07) is 23.5. The summed E-state index contributed by atoms with van der Waals surface area (Å²) < 4.78 is 11.5. The molecule has 1 heterocycles. The number of benzene rings is 3. The fourth-order valence-electron chi connectivity index (χ4n) is 3.01. The van der Waals surface area contributed by atoms with Gasteiger partial charge in [0, 0.05) is 10.6 Å². The van der Waals surface area contributed by atoms with Crippen LogP contribution in [-0.4, -0.2) is 24.4 Å². The highest BCUT2D eigenvalue weighted by atomic mass is 35.5. The third-order valence-corrected chi connectivity index (χ3v) is 5.52. The number of rotatable bonds is 7. The van der Waals surface area contributed by atoms with Crippen molar-refractivity contribution in [2.75, 3.05) is 18.1 Å². The summed E-state index contributed by atoms with van der Waals surface area (Å²) in [5.41, 5.74) is 1.15. The van der Waals surface area contributed by atoms with E-state index in [1.807, 2.05) is 54.6 Å². The van der Waals surface area contributed by atoms with Gasteiger partial charge in [0.25, 0.3) is 11.1 Å². The lowest BCUT2D eigenvalue weighted by Gasteiger charge is -2.12. The Bertz CT molecular complexity index is 1130. The van der Waals surface area contributed by atoms with Crippen molar-refractivity contribution >= 4 is 46.3 Å². The first-order chi connectivity index (χ1) is 15.1. The van der Waals surface area contributed by atoms with Gasteiger partial charge in [-0.25, -0.2) is 4.90 Å². The maximum absolute atomic E-state index is 12.9. The van der Waals surface area contributed by atoms with Crippen LogP contribution >= 0.6 is 23.4 Å². The van der Waals surface area contributed by atoms with E-state index in [-0.39, 0.29) is 11.1 Å². The van der Waals surface area contributed by atoms with Crippen LogP contribution in [0.4, 0.5) is 10.5 Å². The molecule has 0 unspecified atom stereocenters. The zero-order chi connectivity index (χ0) is 21.6. The Morgan fingerprint density at radius 3 is 2.42 bits per heavy atom. The van der Waals surface area contributed by atoms with E-state index in [0.717, 1.165) is 22.4 Å². The first-order valence-corrected chi connectivity index (χ1v) is 10.7. The highest BCUT2D eigenvalue weighted by molar-refractivity contribution is 8.19. The van der Waals surface area contributed by atoms with E-state index in [1.165, 1.54) is 0 Å². The molecule has 31 heavy (non-hydrogen) atoms. The second-order valence-corrected chi connectivity index (χ2v) is 7.97. The summed E-state index contributed by atoms with van der Waals surface area (Å²) in [5, 5.41) is 0.0881. The van der Waals surface area contributed by atoms with E-state index in [1.54, 1.807) is 30.3 Å². The molecule has 4 rings (SSSR count). The molecule has 3 aromatic rings. The Hall–Kier alpha value is -3.22. The highest BCUT2D eigenvalue weighted by Crippen LogP contribution is 2.37. The molecule has 1 aliphatic rings. The van der Waals surface area contributed by atoms with Gasteiger partial charge in [-0.1, -0.05) is 54.1 Å². The minimum atomic E-state index is -0.389. The molecule has 0 radical (unpaired) electrons. The summed E-state index contributed by atoms with van der Waals surface area (Å²) >= 11 is 6.89. The molecule has 5 nitrogen and oxygen atoms in total. The second kappa shape index (κ2) is 9.73. The molecule has 0 bridgehead atoms. The van der Waals surface area contributed by atoms with Crippen LogP contribution in [0.2, 0.25) is 5.02 Å². The number of halogens is 1. The van der Waals surface area contributed by atoms with Gasteiger partial charge in [0.2, 0.25) is 0 Å². The fourth-order valence-corrected chi connectivity index (χ4v) is 4.02. The molecule has 7 heteroatoms. The average molecular weight is 452 g/mol. The topological polar surface area (TPSA) is 55.8 Å². The second-order valence-electron chi connectivity index (χ2n) is 6.54. The Morgan fingerprint density at radius 1 is 0.871 bits per heavy atom. The predicted molar refractivity (Wildman–Crippen MR) is 124 cm³/mol. The molecule has 1 saturated heterocycles. The van der Waals surface area contributed by atoms with Crippen molar-refractivity contribution in [1.82, 2.24) is 0 Å². The largest absolute Gasteiger partial charge is 0.490 e. The average Bonchev–Trinajstić information content (AvgIpc) is 3.06. The Kier molecular flexibility index (Phi) is 6.60. The molecular formula is C24H18ClNO4S. The van der Waals surface area contributed by atoms with Crippen molar-refractivity contribution in [3.05, 3.63) is 94.4 Å². The molecule has 0 atom stereocenters. The van der Waals surface area contributed by atoms with Gasteiger partial charge in [-0.15, -0.1) is 0 Å². The number of ether oxygens (including phenoxy) is 2. The number of hydrogen-bond acceptors (Lipinski definition) is 5. The van der Waals surface area contributed by atoms with E-state index in [9.17, 15) is 9.59 Å². The number of amides is 2. The zero-order valence-electron chi connectivity index (χ0n) is 16.4. The summed E-state index contributed by atoms with van der Waals surface area (Å²) in [6.45, 7) is 0.716. The molecule has 156 valence electrons. The smallest absolute Gasteiger partial charge is 0.298 e. The summed E-state index contributed by atoms with van der Waals surface area (Å²) in [6.07, 6.45) is 1.67. The molecular weight excluding hydrogens is 434 g/mol. The van der Waals surface area contributed by atoms with E-state index in [4.69, 9.17) is 21.1 Å². The summed E-state index contributed by atoms with van der Waals surface area (Å²) in [5.74, 6) is 0.988. The number of carbonyl (C=O) groups is 2. The van der Waals surface area contributed by atoms with Gasteiger partial charge in [-0.3, -0.25) is 9.59 Å². The molecule has 3 aromatic carbocycles. The molecule has 0 aromatic heterocycles. The van der Waals surface area contributed by atoms with Crippen molar-refractivity contribution in [2.45, 2.75) is 0 Å². The summed E-state index contributed by atoms with van der Waals surface area (Å²) in [7, 11) is 0. The van der Waals surface area contributed by atoms with Gasteiger partial charge in [-0.2, -0.15) is 0 Å². The van der Waals surface area contributed by atoms with E-state index >= 15 is 0 Å². The summed E-state index contributed by atoms with van der Waals surface area (Å²) in [4.78, 5) is 26.8. The number of imide groups is 1. The number of hydrogen-bond donors (Lipinski definition) is 0. The third kappa shape index (κ3) is 5.10. The lowest BCUT2D eigenvalue weighted by atomic mass is 10.2. The maximum atomic E-state index is 12.9. The molecule has 1 fully saturated rings. The Labute approximate surface area is 189 Å². The number of nitrogens with zero attached hydrogens (tertiary/aromatic N) is 1. The monoisotopic (exact) mass is 451 g/mol. The van der Waals surface area contributed by atoms with Crippen LogP contribution in [0, 0.1) is 0 Å². The van der Waals surface area contributed by atoms with Gasteiger partial charge in [0.1, 0.15) is 24.7 Å². The van der Waals surface area contributed by atoms with Crippen molar-refractivity contribution in [3.8, 4) is 11.5 Å². The lowest BCUT2D eigenvalue weighted by molar-refractivity contribution is -0.113. The van der Waals surface area contributed by atoms with Crippen LogP contribution < -0.4 is 14.4 Å². The normalized spacial score (nSPS) is 14.9. The van der Waals surface area contributed by atoms with Crippen LogP contribution in [0.15, 0.2) is 83.8 Å². The first kappa shape index (κ1) is 21.0. The highest BCUT2D eigenvalue weighted by Gasteiger charge is 2.36. The predicted octanol–water partition coefficient (Wildman–Crippen LogP) is 6.04.